The first-order valence-corrected chi connectivity index (χ1v) is 7.45. The Hall–Kier alpha value is -0.910. The predicted octanol–water partition coefficient (Wildman–Crippen LogP) is 3.26. The lowest BCUT2D eigenvalue weighted by atomic mass is 10.2. The van der Waals surface area contributed by atoms with Crippen LogP contribution in [0.3, 0.4) is 0 Å². The van der Waals surface area contributed by atoms with Gasteiger partial charge in [0.2, 0.25) is 0 Å². The molecule has 0 atom stereocenters. The van der Waals surface area contributed by atoms with Gasteiger partial charge >= 0.3 is 0 Å². The summed E-state index contributed by atoms with van der Waals surface area (Å²) in [5.74, 6) is 0. The summed E-state index contributed by atoms with van der Waals surface area (Å²) in [4.78, 5) is 6.51. The second-order valence-corrected chi connectivity index (χ2v) is 5.72. The van der Waals surface area contributed by atoms with E-state index in [2.05, 4.69) is 61.8 Å². The van der Waals surface area contributed by atoms with Gasteiger partial charge in [0.1, 0.15) is 0 Å². The van der Waals surface area contributed by atoms with Crippen LogP contribution in [-0.2, 0) is 13.1 Å². The molecule has 0 aliphatic carbocycles. The van der Waals surface area contributed by atoms with E-state index in [1.165, 1.54) is 11.3 Å². The van der Waals surface area contributed by atoms with Gasteiger partial charge in [0, 0.05) is 23.4 Å². The topological polar surface area (TPSA) is 28.2 Å². The Balaban J connectivity index is 2.12. The molecule has 0 amide bonds. The number of nitrogens with one attached hydrogen (secondary N) is 1. The first-order valence-electron chi connectivity index (χ1n) is 5.72. The van der Waals surface area contributed by atoms with Gasteiger partial charge in [0.05, 0.1) is 23.4 Å². The lowest BCUT2D eigenvalue weighted by Gasteiger charge is -2.20. The van der Waals surface area contributed by atoms with Gasteiger partial charge in [0.25, 0.3) is 0 Å². The normalized spacial score (nSPS) is 10.6. The zero-order valence-corrected chi connectivity index (χ0v) is 12.9. The van der Waals surface area contributed by atoms with Crippen LogP contribution in [0.5, 0.6) is 0 Å². The molecule has 1 N–H and O–H groups in total. The molecule has 1 aromatic heterocycles. The van der Waals surface area contributed by atoms with Crippen molar-refractivity contribution in [2.45, 2.75) is 13.1 Å². The summed E-state index contributed by atoms with van der Waals surface area (Å²) in [6.07, 6.45) is 0. The molecule has 0 saturated carbocycles. The van der Waals surface area contributed by atoms with Gasteiger partial charge in [-0.2, -0.15) is 0 Å². The van der Waals surface area contributed by atoms with Crippen molar-refractivity contribution < 1.29 is 0 Å². The monoisotopic (exact) mass is 325 g/mol. The number of aromatic nitrogens is 1. The van der Waals surface area contributed by atoms with Crippen molar-refractivity contribution in [1.29, 1.82) is 0 Å². The van der Waals surface area contributed by atoms with Crippen molar-refractivity contribution in [2.75, 3.05) is 19.0 Å². The molecule has 0 saturated heterocycles. The molecule has 0 unspecified atom stereocenters. The molecular weight excluding hydrogens is 310 g/mol. The third kappa shape index (κ3) is 3.31. The summed E-state index contributed by atoms with van der Waals surface area (Å²) in [7, 11) is 4.04. The fourth-order valence-corrected chi connectivity index (χ4v) is 3.10. The van der Waals surface area contributed by atoms with Gasteiger partial charge in [-0.3, -0.25) is 0 Å². The maximum Gasteiger partial charge on any atom is 0.0795 e. The smallest absolute Gasteiger partial charge is 0.0795 e. The Labute approximate surface area is 120 Å². The SMILES string of the molecule is CNCc1ccc(N(C)Cc2cscn2)c(Br)c1. The summed E-state index contributed by atoms with van der Waals surface area (Å²) < 4.78 is 1.12. The molecule has 3 nitrogen and oxygen atoms in total. The molecule has 0 fully saturated rings. The van der Waals surface area contributed by atoms with E-state index in [1.807, 2.05) is 12.6 Å². The number of hydrogen-bond donors (Lipinski definition) is 1. The molecule has 1 aromatic carbocycles. The van der Waals surface area contributed by atoms with Crippen molar-refractivity contribution in [2.24, 2.45) is 0 Å². The lowest BCUT2D eigenvalue weighted by molar-refractivity contribution is 0.816. The molecular formula is C13H16BrN3S. The number of halogens is 1. The fourth-order valence-electron chi connectivity index (χ4n) is 1.82. The summed E-state index contributed by atoms with van der Waals surface area (Å²) in [5.41, 5.74) is 5.43. The van der Waals surface area contributed by atoms with E-state index in [0.717, 1.165) is 23.3 Å². The van der Waals surface area contributed by atoms with Crippen molar-refractivity contribution >= 4 is 33.0 Å². The molecule has 0 spiro atoms. The average molecular weight is 326 g/mol. The average Bonchev–Trinajstić information content (AvgIpc) is 2.82. The molecule has 2 aromatic rings. The number of thiazole rings is 1. The first kappa shape index (κ1) is 13.5. The number of anilines is 1. The number of rotatable bonds is 5. The Morgan fingerprint density at radius 2 is 2.28 bits per heavy atom. The maximum atomic E-state index is 4.31. The van der Waals surface area contributed by atoms with Crippen molar-refractivity contribution in [1.82, 2.24) is 10.3 Å². The van der Waals surface area contributed by atoms with Crippen LogP contribution < -0.4 is 10.2 Å². The zero-order valence-electron chi connectivity index (χ0n) is 10.5. The van der Waals surface area contributed by atoms with Crippen molar-refractivity contribution in [3.8, 4) is 0 Å². The minimum Gasteiger partial charge on any atom is -0.368 e. The number of hydrogen-bond acceptors (Lipinski definition) is 4. The van der Waals surface area contributed by atoms with E-state index in [0.29, 0.717) is 0 Å². The maximum absolute atomic E-state index is 4.31. The second kappa shape index (κ2) is 6.31. The van der Waals surface area contributed by atoms with E-state index in [4.69, 9.17) is 0 Å². The van der Waals surface area contributed by atoms with Crippen LogP contribution in [0.25, 0.3) is 0 Å². The number of nitrogens with zero attached hydrogens (tertiary/aromatic N) is 2. The first-order chi connectivity index (χ1) is 8.70. The number of benzene rings is 1. The quantitative estimate of drug-likeness (QED) is 0.914. The molecule has 1 heterocycles. The summed E-state index contributed by atoms with van der Waals surface area (Å²) in [6.45, 7) is 1.71. The minimum atomic E-state index is 0.827. The van der Waals surface area contributed by atoms with Crippen LogP contribution >= 0.6 is 27.3 Å². The molecule has 2 rings (SSSR count). The highest BCUT2D eigenvalue weighted by Gasteiger charge is 2.08. The fraction of sp³-hybridized carbons (Fsp3) is 0.308. The third-order valence-corrected chi connectivity index (χ3v) is 3.96. The molecule has 5 heteroatoms. The summed E-state index contributed by atoms with van der Waals surface area (Å²) >= 11 is 5.27. The second-order valence-electron chi connectivity index (χ2n) is 4.15. The van der Waals surface area contributed by atoms with E-state index >= 15 is 0 Å². The van der Waals surface area contributed by atoms with Crippen molar-refractivity contribution in [3.05, 3.63) is 44.8 Å². The van der Waals surface area contributed by atoms with Gasteiger partial charge in [-0.05, 0) is 40.7 Å². The molecule has 0 radical (unpaired) electrons. The van der Waals surface area contributed by atoms with E-state index < -0.39 is 0 Å². The van der Waals surface area contributed by atoms with Gasteiger partial charge in [-0.15, -0.1) is 11.3 Å². The highest BCUT2D eigenvalue weighted by atomic mass is 79.9. The van der Waals surface area contributed by atoms with Crippen LogP contribution in [0.15, 0.2) is 33.6 Å². The molecule has 0 bridgehead atoms. The van der Waals surface area contributed by atoms with E-state index in [9.17, 15) is 0 Å². The predicted molar refractivity (Wildman–Crippen MR) is 81.1 cm³/mol. The van der Waals surface area contributed by atoms with Crippen LogP contribution in [0.4, 0.5) is 5.69 Å². The van der Waals surface area contributed by atoms with Crippen molar-refractivity contribution in [3.63, 3.8) is 0 Å². The van der Waals surface area contributed by atoms with Gasteiger partial charge in [-0.1, -0.05) is 6.07 Å². The summed E-state index contributed by atoms with van der Waals surface area (Å²) in [5, 5.41) is 5.24. The van der Waals surface area contributed by atoms with Gasteiger partial charge in [0.15, 0.2) is 0 Å². The summed E-state index contributed by atoms with van der Waals surface area (Å²) in [6, 6.07) is 6.45. The highest BCUT2D eigenvalue weighted by Crippen LogP contribution is 2.27. The van der Waals surface area contributed by atoms with E-state index in [1.54, 1.807) is 11.3 Å². The third-order valence-electron chi connectivity index (χ3n) is 2.69. The van der Waals surface area contributed by atoms with Gasteiger partial charge < -0.3 is 10.2 Å². The van der Waals surface area contributed by atoms with Crippen LogP contribution in [0, 0.1) is 0 Å². The Morgan fingerprint density at radius 1 is 1.44 bits per heavy atom. The minimum absolute atomic E-state index is 0.827. The van der Waals surface area contributed by atoms with Crippen LogP contribution in [0.2, 0.25) is 0 Å². The molecule has 0 aliphatic rings. The molecule has 18 heavy (non-hydrogen) atoms. The Kier molecular flexibility index (Phi) is 4.74. The largest absolute Gasteiger partial charge is 0.368 e. The van der Waals surface area contributed by atoms with Crippen LogP contribution in [-0.4, -0.2) is 19.1 Å². The Morgan fingerprint density at radius 3 is 2.89 bits per heavy atom. The zero-order chi connectivity index (χ0) is 13.0. The lowest BCUT2D eigenvalue weighted by Crippen LogP contribution is -2.17. The highest BCUT2D eigenvalue weighted by molar-refractivity contribution is 9.10. The van der Waals surface area contributed by atoms with Crippen LogP contribution in [0.1, 0.15) is 11.3 Å². The standard InChI is InChI=1S/C13H16BrN3S/c1-15-6-10-3-4-13(12(14)5-10)17(2)7-11-8-18-9-16-11/h3-5,8-9,15H,6-7H2,1-2H3. The van der Waals surface area contributed by atoms with Gasteiger partial charge in [-0.25, -0.2) is 4.98 Å². The molecule has 0 aliphatic heterocycles. The molecule has 96 valence electrons. The van der Waals surface area contributed by atoms with E-state index in [-0.39, 0.29) is 0 Å². The Bertz CT molecular complexity index is 499.